The zero-order valence-electron chi connectivity index (χ0n) is 18.7. The van der Waals surface area contributed by atoms with E-state index in [2.05, 4.69) is 15.5 Å². The van der Waals surface area contributed by atoms with E-state index in [0.29, 0.717) is 24.1 Å². The van der Waals surface area contributed by atoms with E-state index in [0.717, 1.165) is 37.1 Å². The van der Waals surface area contributed by atoms with Gasteiger partial charge in [0.25, 0.3) is 5.91 Å². The Morgan fingerprint density at radius 3 is 2.00 bits per heavy atom. The summed E-state index contributed by atoms with van der Waals surface area (Å²) in [5.74, 6) is -0.797. The smallest absolute Gasteiger partial charge is 0.423 e. The van der Waals surface area contributed by atoms with Crippen molar-refractivity contribution < 1.29 is 29.0 Å². The number of carboxylic acid groups (broad SMARTS) is 1. The lowest BCUT2D eigenvalue weighted by Gasteiger charge is -2.34. The van der Waals surface area contributed by atoms with E-state index in [4.69, 9.17) is 5.11 Å². The molecule has 172 valence electrons. The van der Waals surface area contributed by atoms with E-state index in [1.165, 1.54) is 7.11 Å². The molecule has 3 N–H and O–H groups in total. The fourth-order valence-corrected chi connectivity index (χ4v) is 2.85. The molecule has 3 amide bonds. The van der Waals surface area contributed by atoms with Gasteiger partial charge in [0.2, 0.25) is 5.91 Å². The third-order valence-corrected chi connectivity index (χ3v) is 4.51. The number of rotatable bonds is 10. The maximum Gasteiger partial charge on any atom is 0.423 e. The summed E-state index contributed by atoms with van der Waals surface area (Å²) in [5, 5.41) is 12.8. The second kappa shape index (κ2) is 12.6. The lowest BCUT2D eigenvalue weighted by Crippen LogP contribution is -2.55. The summed E-state index contributed by atoms with van der Waals surface area (Å²) < 4.78 is 4.59. The molecule has 31 heavy (non-hydrogen) atoms. The quantitative estimate of drug-likeness (QED) is 0.290. The molecule has 9 heteroatoms. The van der Waals surface area contributed by atoms with Gasteiger partial charge in [0.1, 0.15) is 0 Å². The van der Waals surface area contributed by atoms with Gasteiger partial charge in [-0.2, -0.15) is 0 Å². The lowest BCUT2D eigenvalue weighted by atomic mass is 10.1. The number of hydrogen-bond donors (Lipinski definition) is 3. The number of nitrogens with one attached hydrogen (secondary N) is 2. The average molecular weight is 436 g/mol. The number of hydrogen-bond acceptors (Lipinski definition) is 5. The molecule has 0 fully saturated rings. The van der Waals surface area contributed by atoms with Crippen molar-refractivity contribution in [2.45, 2.75) is 71.3 Å². The van der Waals surface area contributed by atoms with Crippen LogP contribution in [0.2, 0.25) is 0 Å². The van der Waals surface area contributed by atoms with Crippen LogP contribution >= 0.6 is 0 Å². The van der Waals surface area contributed by atoms with Gasteiger partial charge in [-0.1, -0.05) is 19.3 Å². The molecule has 0 aliphatic rings. The molecular weight excluding hydrogens is 402 g/mol. The summed E-state index contributed by atoms with van der Waals surface area (Å²) in [6.45, 7) is 5.15. The van der Waals surface area contributed by atoms with Crippen LogP contribution < -0.4 is 10.7 Å². The highest BCUT2D eigenvalue weighted by molar-refractivity contribution is 5.96. The van der Waals surface area contributed by atoms with Crippen LogP contribution in [-0.2, 0) is 14.3 Å². The topological polar surface area (TPSA) is 125 Å². The second-order valence-electron chi connectivity index (χ2n) is 8.20. The van der Waals surface area contributed by atoms with Crippen LogP contribution in [-0.4, -0.2) is 46.6 Å². The molecule has 0 saturated carbocycles. The SMILES string of the molecule is COC(=O)CCCCCCCC(=O)Nc1ccc(C(=O)N(NC(=O)O)C(C)(C)C)cc1. The summed E-state index contributed by atoms with van der Waals surface area (Å²) in [7, 11) is 1.38. The number of carbonyl (C=O) groups excluding carboxylic acids is 3. The summed E-state index contributed by atoms with van der Waals surface area (Å²) in [6.07, 6.45) is 3.81. The van der Waals surface area contributed by atoms with Gasteiger partial charge in [0.15, 0.2) is 0 Å². The molecular formula is C22H33N3O6. The van der Waals surface area contributed by atoms with Gasteiger partial charge in [-0.05, 0) is 57.9 Å². The lowest BCUT2D eigenvalue weighted by molar-refractivity contribution is -0.140. The zero-order valence-corrected chi connectivity index (χ0v) is 18.7. The number of unbranched alkanes of at least 4 members (excludes halogenated alkanes) is 4. The minimum absolute atomic E-state index is 0.113. The number of benzene rings is 1. The monoisotopic (exact) mass is 435 g/mol. The molecule has 1 aromatic carbocycles. The fourth-order valence-electron chi connectivity index (χ4n) is 2.85. The number of methoxy groups -OCH3 is 1. The second-order valence-corrected chi connectivity index (χ2v) is 8.20. The third kappa shape index (κ3) is 9.97. The first-order chi connectivity index (χ1) is 14.5. The van der Waals surface area contributed by atoms with Gasteiger partial charge < -0.3 is 15.2 Å². The largest absolute Gasteiger partial charge is 0.469 e. The van der Waals surface area contributed by atoms with E-state index in [-0.39, 0.29) is 11.9 Å². The average Bonchev–Trinajstić information content (AvgIpc) is 2.70. The van der Waals surface area contributed by atoms with Crippen molar-refractivity contribution >= 4 is 29.6 Å². The molecule has 1 rings (SSSR count). The van der Waals surface area contributed by atoms with Crippen LogP contribution in [0.4, 0.5) is 10.5 Å². The molecule has 0 aliphatic carbocycles. The summed E-state index contributed by atoms with van der Waals surface area (Å²) >= 11 is 0. The first kappa shape index (κ1) is 25.9. The fraction of sp³-hybridized carbons (Fsp3) is 0.545. The molecule has 0 bridgehead atoms. The van der Waals surface area contributed by atoms with Crippen molar-refractivity contribution in [3.63, 3.8) is 0 Å². The number of anilines is 1. The summed E-state index contributed by atoms with van der Waals surface area (Å²) in [4.78, 5) is 46.8. The molecule has 0 heterocycles. The molecule has 0 unspecified atom stereocenters. The van der Waals surface area contributed by atoms with Gasteiger partial charge in [-0.25, -0.2) is 15.2 Å². The third-order valence-electron chi connectivity index (χ3n) is 4.51. The Balaban J connectivity index is 2.45. The highest BCUT2D eigenvalue weighted by Crippen LogP contribution is 2.17. The number of nitrogens with zero attached hydrogens (tertiary/aromatic N) is 1. The van der Waals surface area contributed by atoms with E-state index < -0.39 is 17.5 Å². The molecule has 0 aliphatic heterocycles. The summed E-state index contributed by atoms with van der Waals surface area (Å²) in [5.41, 5.74) is 2.24. The molecule has 0 aromatic heterocycles. The Hall–Kier alpha value is -3.10. The van der Waals surface area contributed by atoms with Gasteiger partial charge in [0.05, 0.1) is 12.6 Å². The van der Waals surface area contributed by atoms with E-state index in [1.807, 2.05) is 0 Å². The van der Waals surface area contributed by atoms with Crippen molar-refractivity contribution in [2.75, 3.05) is 12.4 Å². The maximum absolute atomic E-state index is 12.7. The van der Waals surface area contributed by atoms with Crippen LogP contribution in [0.3, 0.4) is 0 Å². The minimum Gasteiger partial charge on any atom is -0.469 e. The van der Waals surface area contributed by atoms with Crippen molar-refractivity contribution in [1.29, 1.82) is 0 Å². The Bertz CT molecular complexity index is 756. The molecule has 1 aromatic rings. The van der Waals surface area contributed by atoms with E-state index >= 15 is 0 Å². The first-order valence-corrected chi connectivity index (χ1v) is 10.4. The highest BCUT2D eigenvalue weighted by atomic mass is 16.5. The van der Waals surface area contributed by atoms with Crippen molar-refractivity contribution in [3.05, 3.63) is 29.8 Å². The molecule has 0 saturated heterocycles. The molecule has 0 spiro atoms. The van der Waals surface area contributed by atoms with Crippen LogP contribution in [0.15, 0.2) is 24.3 Å². The Morgan fingerprint density at radius 1 is 0.935 bits per heavy atom. The number of carbonyl (C=O) groups is 4. The van der Waals surface area contributed by atoms with E-state index in [1.54, 1.807) is 45.0 Å². The Labute approximate surface area is 183 Å². The number of esters is 1. The van der Waals surface area contributed by atoms with Crippen LogP contribution in [0.25, 0.3) is 0 Å². The van der Waals surface area contributed by atoms with Crippen LogP contribution in [0, 0.1) is 0 Å². The normalized spacial score (nSPS) is 10.8. The van der Waals surface area contributed by atoms with Crippen molar-refractivity contribution in [2.24, 2.45) is 0 Å². The molecule has 0 radical (unpaired) electrons. The van der Waals surface area contributed by atoms with Gasteiger partial charge >= 0.3 is 12.1 Å². The Morgan fingerprint density at radius 2 is 1.48 bits per heavy atom. The molecule has 0 atom stereocenters. The zero-order chi connectivity index (χ0) is 23.4. The van der Waals surface area contributed by atoms with Crippen molar-refractivity contribution in [3.8, 4) is 0 Å². The number of ether oxygens (including phenoxy) is 1. The van der Waals surface area contributed by atoms with Gasteiger partial charge in [0, 0.05) is 24.1 Å². The van der Waals surface area contributed by atoms with E-state index in [9.17, 15) is 19.2 Å². The molecule has 9 nitrogen and oxygen atoms in total. The van der Waals surface area contributed by atoms with Crippen molar-refractivity contribution in [1.82, 2.24) is 10.4 Å². The van der Waals surface area contributed by atoms with Crippen LogP contribution in [0.1, 0.15) is 76.1 Å². The minimum atomic E-state index is -1.32. The Kier molecular flexibility index (Phi) is 10.5. The van der Waals surface area contributed by atoms with Crippen LogP contribution in [0.5, 0.6) is 0 Å². The predicted molar refractivity (Wildman–Crippen MR) is 116 cm³/mol. The maximum atomic E-state index is 12.7. The van der Waals surface area contributed by atoms with Gasteiger partial charge in [-0.3, -0.25) is 14.4 Å². The predicted octanol–water partition coefficient (Wildman–Crippen LogP) is 3.95. The standard InChI is InChI=1S/C22H33N3O6/c1-22(2,3)25(24-21(29)30)20(28)16-12-14-17(15-13-16)23-18(26)10-8-6-5-7-9-11-19(27)31-4/h12-15,24H,5-11H2,1-4H3,(H,23,26)(H,29,30). The first-order valence-electron chi connectivity index (χ1n) is 10.4. The number of amides is 3. The highest BCUT2D eigenvalue weighted by Gasteiger charge is 2.29. The summed E-state index contributed by atoms with van der Waals surface area (Å²) in [6, 6.07) is 6.31. The van der Waals surface area contributed by atoms with Gasteiger partial charge in [-0.15, -0.1) is 0 Å². The number of hydrazine groups is 1.